The van der Waals surface area contributed by atoms with Gasteiger partial charge in [0.25, 0.3) is 0 Å². The van der Waals surface area contributed by atoms with Crippen molar-refractivity contribution >= 4 is 11.4 Å². The number of oxime groups is 1. The van der Waals surface area contributed by atoms with Crippen LogP contribution in [-0.4, -0.2) is 43.2 Å². The SMILES string of the molecule is COCCN(C)c1ccc([C@@H](C/C(=N\O)c2ccnc(C)c2)c2ccccc2C)cc1. The van der Waals surface area contributed by atoms with E-state index in [0.717, 1.165) is 23.5 Å². The maximum absolute atomic E-state index is 9.83. The van der Waals surface area contributed by atoms with Gasteiger partial charge in [-0.3, -0.25) is 4.98 Å². The van der Waals surface area contributed by atoms with Crippen molar-refractivity contribution in [1.82, 2.24) is 4.98 Å². The van der Waals surface area contributed by atoms with Crippen molar-refractivity contribution in [3.05, 3.63) is 94.8 Å². The molecule has 3 aromatic rings. The van der Waals surface area contributed by atoms with Crippen LogP contribution in [0.15, 0.2) is 72.0 Å². The minimum Gasteiger partial charge on any atom is -0.411 e. The van der Waals surface area contributed by atoms with E-state index in [9.17, 15) is 5.21 Å². The van der Waals surface area contributed by atoms with E-state index in [4.69, 9.17) is 4.74 Å². The van der Waals surface area contributed by atoms with Crippen molar-refractivity contribution < 1.29 is 9.94 Å². The van der Waals surface area contributed by atoms with Gasteiger partial charge in [-0.05, 0) is 54.8 Å². The summed E-state index contributed by atoms with van der Waals surface area (Å²) in [5.41, 5.74) is 7.22. The summed E-state index contributed by atoms with van der Waals surface area (Å²) >= 11 is 0. The molecule has 1 aromatic heterocycles. The van der Waals surface area contributed by atoms with Crippen LogP contribution in [0.3, 0.4) is 0 Å². The Morgan fingerprint density at radius 2 is 1.84 bits per heavy atom. The molecule has 0 spiro atoms. The number of anilines is 1. The lowest BCUT2D eigenvalue weighted by Gasteiger charge is -2.23. The van der Waals surface area contributed by atoms with Crippen LogP contribution in [0.4, 0.5) is 5.69 Å². The zero-order valence-electron chi connectivity index (χ0n) is 18.7. The maximum atomic E-state index is 9.83. The van der Waals surface area contributed by atoms with Gasteiger partial charge >= 0.3 is 0 Å². The molecular weight excluding hydrogens is 386 g/mol. The van der Waals surface area contributed by atoms with Gasteiger partial charge < -0.3 is 14.8 Å². The number of benzene rings is 2. The molecule has 0 saturated carbocycles. The summed E-state index contributed by atoms with van der Waals surface area (Å²) in [6.45, 7) is 5.59. The second kappa shape index (κ2) is 10.7. The summed E-state index contributed by atoms with van der Waals surface area (Å²) in [5, 5.41) is 13.5. The molecule has 5 nitrogen and oxygen atoms in total. The van der Waals surface area contributed by atoms with Crippen molar-refractivity contribution in [3.63, 3.8) is 0 Å². The molecule has 0 aliphatic rings. The molecule has 31 heavy (non-hydrogen) atoms. The Bertz CT molecular complexity index is 1020. The summed E-state index contributed by atoms with van der Waals surface area (Å²) in [6, 6.07) is 20.9. The third kappa shape index (κ3) is 5.70. The molecular formula is C26H31N3O2. The molecule has 0 amide bonds. The summed E-state index contributed by atoms with van der Waals surface area (Å²) in [7, 11) is 3.78. The minimum atomic E-state index is 0.0684. The van der Waals surface area contributed by atoms with E-state index in [0.29, 0.717) is 18.7 Å². The fourth-order valence-corrected chi connectivity index (χ4v) is 3.84. The summed E-state index contributed by atoms with van der Waals surface area (Å²) in [6.07, 6.45) is 2.34. The molecule has 0 fully saturated rings. The largest absolute Gasteiger partial charge is 0.411 e. The monoisotopic (exact) mass is 417 g/mol. The van der Waals surface area contributed by atoms with Crippen LogP contribution in [0.2, 0.25) is 0 Å². The van der Waals surface area contributed by atoms with Gasteiger partial charge in [-0.15, -0.1) is 0 Å². The Kier molecular flexibility index (Phi) is 7.79. The van der Waals surface area contributed by atoms with Crippen LogP contribution in [0.25, 0.3) is 0 Å². The van der Waals surface area contributed by atoms with E-state index in [1.807, 2.05) is 19.1 Å². The highest BCUT2D eigenvalue weighted by molar-refractivity contribution is 6.01. The maximum Gasteiger partial charge on any atom is 0.0878 e. The first kappa shape index (κ1) is 22.5. The van der Waals surface area contributed by atoms with Crippen molar-refractivity contribution in [1.29, 1.82) is 0 Å². The molecule has 2 aromatic carbocycles. The molecule has 0 unspecified atom stereocenters. The second-order valence-corrected chi connectivity index (χ2v) is 7.85. The van der Waals surface area contributed by atoms with Gasteiger partial charge in [0.2, 0.25) is 0 Å². The van der Waals surface area contributed by atoms with Gasteiger partial charge in [-0.1, -0.05) is 41.6 Å². The van der Waals surface area contributed by atoms with E-state index in [2.05, 4.69) is 77.5 Å². The number of aromatic nitrogens is 1. The Hall–Kier alpha value is -3.18. The lowest BCUT2D eigenvalue weighted by molar-refractivity contribution is 0.206. The van der Waals surface area contributed by atoms with E-state index in [-0.39, 0.29) is 5.92 Å². The predicted octanol–water partition coefficient (Wildman–Crippen LogP) is 5.18. The summed E-state index contributed by atoms with van der Waals surface area (Å²) in [4.78, 5) is 6.44. The fraction of sp³-hybridized carbons (Fsp3) is 0.308. The lowest BCUT2D eigenvalue weighted by atomic mass is 9.83. The van der Waals surface area contributed by atoms with E-state index in [1.165, 1.54) is 16.7 Å². The third-order valence-corrected chi connectivity index (χ3v) is 5.68. The van der Waals surface area contributed by atoms with Gasteiger partial charge in [0.1, 0.15) is 0 Å². The number of pyridine rings is 1. The molecule has 1 N–H and O–H groups in total. The van der Waals surface area contributed by atoms with Crippen molar-refractivity contribution in [2.75, 3.05) is 32.2 Å². The van der Waals surface area contributed by atoms with Crippen molar-refractivity contribution in [2.24, 2.45) is 5.16 Å². The third-order valence-electron chi connectivity index (χ3n) is 5.68. The van der Waals surface area contributed by atoms with Crippen LogP contribution < -0.4 is 4.90 Å². The number of rotatable bonds is 9. The number of ether oxygens (including phenoxy) is 1. The van der Waals surface area contributed by atoms with Gasteiger partial charge in [0, 0.05) is 56.2 Å². The molecule has 0 bridgehead atoms. The Balaban J connectivity index is 1.95. The molecule has 162 valence electrons. The van der Waals surface area contributed by atoms with Crippen molar-refractivity contribution in [2.45, 2.75) is 26.2 Å². The quantitative estimate of drug-likeness (QED) is 0.296. The highest BCUT2D eigenvalue weighted by atomic mass is 16.5. The fourth-order valence-electron chi connectivity index (χ4n) is 3.84. The first-order valence-corrected chi connectivity index (χ1v) is 10.5. The molecule has 0 aliphatic carbocycles. The summed E-state index contributed by atoms with van der Waals surface area (Å²) in [5.74, 6) is 0.0684. The molecule has 1 heterocycles. The van der Waals surface area contributed by atoms with Crippen molar-refractivity contribution in [3.8, 4) is 0 Å². The standard InChI is InChI=1S/C26H31N3O2/c1-19-7-5-6-8-24(19)25(18-26(28-30)22-13-14-27-20(2)17-22)21-9-11-23(12-10-21)29(3)15-16-31-4/h5-14,17,25,30H,15-16,18H2,1-4H3/b28-26+/t25-/m1/s1. The Morgan fingerprint density at radius 3 is 2.48 bits per heavy atom. The number of hydrogen-bond acceptors (Lipinski definition) is 5. The van der Waals surface area contributed by atoms with Gasteiger partial charge in [-0.25, -0.2) is 0 Å². The molecule has 0 saturated heterocycles. The molecule has 3 rings (SSSR count). The number of methoxy groups -OCH3 is 1. The zero-order chi connectivity index (χ0) is 22.2. The highest BCUT2D eigenvalue weighted by Crippen LogP contribution is 2.33. The second-order valence-electron chi connectivity index (χ2n) is 7.85. The Labute approximate surface area is 185 Å². The smallest absolute Gasteiger partial charge is 0.0878 e. The van der Waals surface area contributed by atoms with E-state index >= 15 is 0 Å². The average Bonchev–Trinajstić information content (AvgIpc) is 2.79. The average molecular weight is 418 g/mol. The molecule has 1 atom stereocenters. The zero-order valence-corrected chi connectivity index (χ0v) is 18.7. The first-order chi connectivity index (χ1) is 15.0. The summed E-state index contributed by atoms with van der Waals surface area (Å²) < 4.78 is 5.19. The molecule has 0 radical (unpaired) electrons. The van der Waals surface area contributed by atoms with Crippen LogP contribution >= 0.6 is 0 Å². The van der Waals surface area contributed by atoms with E-state index < -0.39 is 0 Å². The van der Waals surface area contributed by atoms with E-state index in [1.54, 1.807) is 13.3 Å². The van der Waals surface area contributed by atoms with Crippen LogP contribution in [0.1, 0.15) is 40.3 Å². The van der Waals surface area contributed by atoms with Crippen LogP contribution in [-0.2, 0) is 4.74 Å². The van der Waals surface area contributed by atoms with Crippen LogP contribution in [0.5, 0.6) is 0 Å². The molecule has 5 heteroatoms. The number of nitrogens with zero attached hydrogens (tertiary/aromatic N) is 3. The number of hydrogen-bond donors (Lipinski definition) is 1. The molecule has 0 aliphatic heterocycles. The number of aryl methyl sites for hydroxylation is 2. The first-order valence-electron chi connectivity index (χ1n) is 10.5. The van der Waals surface area contributed by atoms with Gasteiger partial charge in [0.05, 0.1) is 12.3 Å². The Morgan fingerprint density at radius 1 is 1.10 bits per heavy atom. The van der Waals surface area contributed by atoms with Crippen LogP contribution in [0, 0.1) is 13.8 Å². The lowest BCUT2D eigenvalue weighted by Crippen LogP contribution is -2.22. The topological polar surface area (TPSA) is 58.0 Å². The highest BCUT2D eigenvalue weighted by Gasteiger charge is 2.20. The normalized spacial score (nSPS) is 12.6. The minimum absolute atomic E-state index is 0.0684. The van der Waals surface area contributed by atoms with Gasteiger partial charge in [-0.2, -0.15) is 0 Å². The predicted molar refractivity (Wildman–Crippen MR) is 127 cm³/mol. The van der Waals surface area contributed by atoms with Gasteiger partial charge in [0.15, 0.2) is 0 Å². The number of likely N-dealkylation sites (N-methyl/N-ethyl adjacent to an activating group) is 1.